The summed E-state index contributed by atoms with van der Waals surface area (Å²) in [4.78, 5) is 8.43. The number of hydrogen-bond donors (Lipinski definition) is 0. The average Bonchev–Trinajstić information content (AvgIpc) is 3.21. The van der Waals surface area contributed by atoms with E-state index in [1.165, 1.54) is 0 Å². The molecule has 2 heterocycles. The zero-order valence-electron chi connectivity index (χ0n) is 18.2. The predicted molar refractivity (Wildman–Crippen MR) is 124 cm³/mol. The van der Waals surface area contributed by atoms with Gasteiger partial charge in [0.1, 0.15) is 28.9 Å². The molecule has 7 heteroatoms. The van der Waals surface area contributed by atoms with Crippen molar-refractivity contribution in [1.82, 2.24) is 9.88 Å². The van der Waals surface area contributed by atoms with Crippen molar-refractivity contribution in [2.75, 3.05) is 53.7 Å². The fourth-order valence-electron chi connectivity index (χ4n) is 3.55. The topological polar surface area (TPSA) is 53.0 Å². The maximum atomic E-state index is 5.93. The van der Waals surface area contributed by atoms with Crippen molar-refractivity contribution in [2.24, 2.45) is 0 Å². The standard InChI is InChI=1S/C24H28N2O4S/c1-17-23(25-24(31-17)19-14-21(27-2)16-22(15-19)28-3)18-4-6-20(7-5-18)30-13-10-26-8-11-29-12-9-26/h4-7,14-16H,8-13H2,1-3H3. The highest BCUT2D eigenvalue weighted by molar-refractivity contribution is 7.15. The normalized spacial score (nSPS) is 14.4. The first-order valence-electron chi connectivity index (χ1n) is 10.4. The number of hydrogen-bond acceptors (Lipinski definition) is 7. The van der Waals surface area contributed by atoms with Gasteiger partial charge in [-0.1, -0.05) is 0 Å². The van der Waals surface area contributed by atoms with E-state index >= 15 is 0 Å². The first kappa shape index (κ1) is 21.6. The van der Waals surface area contributed by atoms with Crippen LogP contribution in [0.15, 0.2) is 42.5 Å². The summed E-state index contributed by atoms with van der Waals surface area (Å²) in [5.74, 6) is 2.38. The van der Waals surface area contributed by atoms with Gasteiger partial charge in [-0.25, -0.2) is 4.98 Å². The van der Waals surface area contributed by atoms with Crippen LogP contribution in [0.2, 0.25) is 0 Å². The van der Waals surface area contributed by atoms with Gasteiger partial charge in [0.05, 0.1) is 33.1 Å². The Morgan fingerprint density at radius 2 is 1.61 bits per heavy atom. The Bertz CT molecular complexity index is 975. The van der Waals surface area contributed by atoms with Gasteiger partial charge in [0.2, 0.25) is 0 Å². The van der Waals surface area contributed by atoms with Gasteiger partial charge in [0.15, 0.2) is 0 Å². The second-order valence-electron chi connectivity index (χ2n) is 7.35. The second kappa shape index (κ2) is 10.1. The molecule has 4 rings (SSSR count). The summed E-state index contributed by atoms with van der Waals surface area (Å²) in [5.41, 5.74) is 3.05. The van der Waals surface area contributed by atoms with E-state index in [4.69, 9.17) is 23.9 Å². The highest BCUT2D eigenvalue weighted by atomic mass is 32.1. The first-order chi connectivity index (χ1) is 15.2. The number of aromatic nitrogens is 1. The molecule has 0 bridgehead atoms. The smallest absolute Gasteiger partial charge is 0.124 e. The van der Waals surface area contributed by atoms with Gasteiger partial charge in [-0.15, -0.1) is 11.3 Å². The molecule has 1 aromatic heterocycles. The monoisotopic (exact) mass is 440 g/mol. The fourth-order valence-corrected chi connectivity index (χ4v) is 4.47. The van der Waals surface area contributed by atoms with E-state index in [-0.39, 0.29) is 0 Å². The third-order valence-corrected chi connectivity index (χ3v) is 6.32. The summed E-state index contributed by atoms with van der Waals surface area (Å²) >= 11 is 1.67. The lowest BCUT2D eigenvalue weighted by molar-refractivity contribution is 0.0322. The molecule has 0 atom stereocenters. The van der Waals surface area contributed by atoms with Gasteiger partial charge in [-0.2, -0.15) is 0 Å². The number of thiazole rings is 1. The molecule has 0 radical (unpaired) electrons. The van der Waals surface area contributed by atoms with E-state index in [2.05, 4.69) is 24.0 Å². The first-order valence-corrected chi connectivity index (χ1v) is 11.2. The number of ether oxygens (including phenoxy) is 4. The lowest BCUT2D eigenvalue weighted by atomic mass is 10.1. The van der Waals surface area contributed by atoms with Crippen molar-refractivity contribution in [1.29, 1.82) is 0 Å². The van der Waals surface area contributed by atoms with Gasteiger partial charge >= 0.3 is 0 Å². The van der Waals surface area contributed by atoms with Crippen LogP contribution < -0.4 is 14.2 Å². The zero-order valence-corrected chi connectivity index (χ0v) is 19.0. The van der Waals surface area contributed by atoms with E-state index in [0.717, 1.165) is 76.8 Å². The van der Waals surface area contributed by atoms with Crippen molar-refractivity contribution in [3.8, 4) is 39.1 Å². The molecular weight excluding hydrogens is 412 g/mol. The van der Waals surface area contributed by atoms with Crippen LogP contribution in [0.1, 0.15) is 4.88 Å². The van der Waals surface area contributed by atoms with Gasteiger partial charge in [-0.05, 0) is 43.3 Å². The van der Waals surface area contributed by atoms with E-state index in [1.54, 1.807) is 25.6 Å². The molecular formula is C24H28N2O4S. The maximum absolute atomic E-state index is 5.93. The molecule has 0 aliphatic carbocycles. The fraction of sp³-hybridized carbons (Fsp3) is 0.375. The molecule has 3 aromatic rings. The molecule has 0 saturated carbocycles. The summed E-state index contributed by atoms with van der Waals surface area (Å²) in [6, 6.07) is 14.0. The van der Waals surface area contributed by atoms with Crippen LogP contribution in [-0.4, -0.2) is 63.6 Å². The second-order valence-corrected chi connectivity index (χ2v) is 8.56. The van der Waals surface area contributed by atoms with Crippen LogP contribution in [0.3, 0.4) is 0 Å². The zero-order chi connectivity index (χ0) is 21.6. The summed E-state index contributed by atoms with van der Waals surface area (Å²) in [5, 5.41) is 0.940. The molecule has 31 heavy (non-hydrogen) atoms. The molecule has 0 unspecified atom stereocenters. The highest BCUT2D eigenvalue weighted by Gasteiger charge is 2.14. The van der Waals surface area contributed by atoms with Crippen molar-refractivity contribution < 1.29 is 18.9 Å². The van der Waals surface area contributed by atoms with Gasteiger partial charge in [-0.3, -0.25) is 4.90 Å². The minimum absolute atomic E-state index is 0.677. The molecule has 0 spiro atoms. The molecule has 6 nitrogen and oxygen atoms in total. The number of nitrogens with zero attached hydrogens (tertiary/aromatic N) is 2. The van der Waals surface area contributed by atoms with Crippen LogP contribution in [-0.2, 0) is 4.74 Å². The van der Waals surface area contributed by atoms with Gasteiger partial charge < -0.3 is 18.9 Å². The Hall–Kier alpha value is -2.61. The minimum Gasteiger partial charge on any atom is -0.497 e. The molecule has 2 aromatic carbocycles. The van der Waals surface area contributed by atoms with Crippen LogP contribution in [0.5, 0.6) is 17.2 Å². The SMILES string of the molecule is COc1cc(OC)cc(-c2nc(-c3ccc(OCCN4CCOCC4)cc3)c(C)s2)c1. The van der Waals surface area contributed by atoms with Gasteiger partial charge in [0.25, 0.3) is 0 Å². The highest BCUT2D eigenvalue weighted by Crippen LogP contribution is 2.36. The number of benzene rings is 2. The largest absolute Gasteiger partial charge is 0.497 e. The predicted octanol–water partition coefficient (Wildman–Crippen LogP) is 4.51. The maximum Gasteiger partial charge on any atom is 0.124 e. The Morgan fingerprint density at radius 3 is 2.26 bits per heavy atom. The summed E-state index contributed by atoms with van der Waals surface area (Å²) < 4.78 is 22.1. The molecule has 0 N–H and O–H groups in total. The van der Waals surface area contributed by atoms with E-state index in [0.29, 0.717) is 6.61 Å². The van der Waals surface area contributed by atoms with Crippen LogP contribution in [0, 0.1) is 6.92 Å². The Kier molecular flexibility index (Phi) is 7.06. The van der Waals surface area contributed by atoms with Crippen LogP contribution in [0.4, 0.5) is 0 Å². The number of rotatable bonds is 8. The van der Waals surface area contributed by atoms with Gasteiger partial charge in [0, 0.05) is 41.7 Å². The minimum atomic E-state index is 0.677. The van der Waals surface area contributed by atoms with Crippen LogP contribution in [0.25, 0.3) is 21.8 Å². The number of aryl methyl sites for hydroxylation is 1. The molecule has 1 aliphatic rings. The lowest BCUT2D eigenvalue weighted by Gasteiger charge is -2.26. The lowest BCUT2D eigenvalue weighted by Crippen LogP contribution is -2.38. The third kappa shape index (κ3) is 5.36. The Morgan fingerprint density at radius 1 is 0.935 bits per heavy atom. The number of methoxy groups -OCH3 is 2. The molecule has 1 saturated heterocycles. The van der Waals surface area contributed by atoms with Crippen molar-refractivity contribution in [3.05, 3.63) is 47.3 Å². The van der Waals surface area contributed by atoms with E-state index in [9.17, 15) is 0 Å². The Labute approximate surface area is 187 Å². The van der Waals surface area contributed by atoms with Crippen molar-refractivity contribution in [3.63, 3.8) is 0 Å². The molecule has 164 valence electrons. The molecule has 0 amide bonds. The summed E-state index contributed by atoms with van der Waals surface area (Å²) in [7, 11) is 3.31. The van der Waals surface area contributed by atoms with E-state index in [1.807, 2.05) is 30.3 Å². The molecule has 1 aliphatic heterocycles. The quantitative estimate of drug-likeness (QED) is 0.514. The molecule has 1 fully saturated rings. The summed E-state index contributed by atoms with van der Waals surface area (Å²) in [6.07, 6.45) is 0. The average molecular weight is 441 g/mol. The van der Waals surface area contributed by atoms with Crippen molar-refractivity contribution in [2.45, 2.75) is 6.92 Å². The Balaban J connectivity index is 1.45. The van der Waals surface area contributed by atoms with Crippen LogP contribution >= 0.6 is 11.3 Å². The third-order valence-electron chi connectivity index (χ3n) is 5.30. The number of morpholine rings is 1. The van der Waals surface area contributed by atoms with E-state index < -0.39 is 0 Å². The van der Waals surface area contributed by atoms with Crippen molar-refractivity contribution >= 4 is 11.3 Å². The summed E-state index contributed by atoms with van der Waals surface area (Å²) in [6.45, 7) is 7.28.